The van der Waals surface area contributed by atoms with E-state index in [0.717, 1.165) is 11.1 Å². The first-order valence-electron chi connectivity index (χ1n) is 4.83. The Bertz CT molecular complexity index is 590. The number of carboxylic acids is 1. The molecule has 0 amide bonds. The number of nitrogens with zero attached hydrogens (tertiary/aromatic N) is 1. The van der Waals surface area contributed by atoms with Crippen LogP contribution in [0.2, 0.25) is 0 Å². The van der Waals surface area contributed by atoms with Crippen molar-refractivity contribution >= 4 is 16.9 Å². The number of aromatic hydroxyl groups is 1. The molecular weight excluding hydrogens is 206 g/mol. The van der Waals surface area contributed by atoms with Crippen molar-refractivity contribution in [2.24, 2.45) is 0 Å². The van der Waals surface area contributed by atoms with Crippen molar-refractivity contribution in [2.75, 3.05) is 0 Å². The third-order valence-corrected chi connectivity index (χ3v) is 2.50. The van der Waals surface area contributed by atoms with Gasteiger partial charge in [-0.15, -0.1) is 0 Å². The summed E-state index contributed by atoms with van der Waals surface area (Å²) in [6.07, 6.45) is 1.17. The Hall–Kier alpha value is -2.10. The van der Waals surface area contributed by atoms with Crippen molar-refractivity contribution in [1.82, 2.24) is 4.98 Å². The first-order valence-corrected chi connectivity index (χ1v) is 4.83. The maximum Gasteiger partial charge on any atom is 0.340 e. The van der Waals surface area contributed by atoms with Crippen molar-refractivity contribution in [3.05, 3.63) is 35.0 Å². The molecule has 2 aromatic rings. The number of carbonyl (C=O) groups is 1. The van der Waals surface area contributed by atoms with Crippen molar-refractivity contribution in [3.8, 4) is 5.75 Å². The Morgan fingerprint density at radius 2 is 2.00 bits per heavy atom. The highest BCUT2D eigenvalue weighted by Gasteiger charge is 2.16. The number of aromatic nitrogens is 1. The number of hydrogen-bond acceptors (Lipinski definition) is 3. The molecule has 16 heavy (non-hydrogen) atoms. The van der Waals surface area contributed by atoms with Gasteiger partial charge < -0.3 is 10.2 Å². The molecule has 4 nitrogen and oxygen atoms in total. The maximum absolute atomic E-state index is 11.1. The summed E-state index contributed by atoms with van der Waals surface area (Å²) in [5.74, 6) is -1.44. The second-order valence-corrected chi connectivity index (χ2v) is 3.80. The molecule has 0 aliphatic carbocycles. The Balaban J connectivity index is 2.97. The molecule has 0 fully saturated rings. The van der Waals surface area contributed by atoms with Gasteiger partial charge in [-0.1, -0.05) is 11.6 Å². The minimum absolute atomic E-state index is 0.0863. The van der Waals surface area contributed by atoms with E-state index in [2.05, 4.69) is 4.98 Å². The van der Waals surface area contributed by atoms with Crippen molar-refractivity contribution in [1.29, 1.82) is 0 Å². The smallest absolute Gasteiger partial charge is 0.340 e. The van der Waals surface area contributed by atoms with E-state index in [1.165, 1.54) is 6.20 Å². The Kier molecular flexibility index (Phi) is 2.27. The molecule has 0 spiro atoms. The molecule has 0 saturated heterocycles. The van der Waals surface area contributed by atoms with E-state index < -0.39 is 5.97 Å². The lowest BCUT2D eigenvalue weighted by Gasteiger charge is -2.07. The molecule has 1 heterocycles. The predicted octanol–water partition coefficient (Wildman–Crippen LogP) is 2.26. The summed E-state index contributed by atoms with van der Waals surface area (Å²) in [4.78, 5) is 15.1. The molecule has 82 valence electrons. The Labute approximate surface area is 92.2 Å². The standard InChI is InChI=1S/C12H11NO3/c1-6-3-7(2)11-8(4-6)10(12(15)16)9(14)5-13-11/h3-5,14H,1-2H3,(H,15,16). The highest BCUT2D eigenvalue weighted by atomic mass is 16.4. The molecular formula is C12H11NO3. The fourth-order valence-corrected chi connectivity index (χ4v) is 1.87. The maximum atomic E-state index is 11.1. The van der Waals surface area contributed by atoms with Gasteiger partial charge in [0.05, 0.1) is 11.7 Å². The minimum Gasteiger partial charge on any atom is -0.505 e. The van der Waals surface area contributed by atoms with Gasteiger partial charge in [0.25, 0.3) is 0 Å². The van der Waals surface area contributed by atoms with E-state index in [1.54, 1.807) is 6.07 Å². The molecule has 0 saturated carbocycles. The van der Waals surface area contributed by atoms with Crippen LogP contribution in [0.25, 0.3) is 10.9 Å². The first kappa shape index (κ1) is 10.4. The molecule has 0 unspecified atom stereocenters. The number of carboxylic acid groups (broad SMARTS) is 1. The van der Waals surface area contributed by atoms with Crippen LogP contribution in [0.1, 0.15) is 21.5 Å². The average molecular weight is 217 g/mol. The van der Waals surface area contributed by atoms with Crippen LogP contribution >= 0.6 is 0 Å². The summed E-state index contributed by atoms with van der Waals surface area (Å²) in [7, 11) is 0. The quantitative estimate of drug-likeness (QED) is 0.768. The van der Waals surface area contributed by atoms with Crippen molar-refractivity contribution in [3.63, 3.8) is 0 Å². The first-order chi connectivity index (χ1) is 7.50. The summed E-state index contributed by atoms with van der Waals surface area (Å²) in [5.41, 5.74) is 2.37. The lowest BCUT2D eigenvalue weighted by atomic mass is 10.0. The van der Waals surface area contributed by atoms with Gasteiger partial charge in [-0.05, 0) is 25.5 Å². The van der Waals surface area contributed by atoms with Gasteiger partial charge >= 0.3 is 5.97 Å². The molecule has 1 aromatic carbocycles. The number of hydrogen-bond donors (Lipinski definition) is 2. The van der Waals surface area contributed by atoms with Crippen LogP contribution in [-0.4, -0.2) is 21.2 Å². The summed E-state index contributed by atoms with van der Waals surface area (Å²) in [5, 5.41) is 19.1. The molecule has 0 aliphatic rings. The van der Waals surface area contributed by atoms with Gasteiger partial charge in [0.1, 0.15) is 11.3 Å². The Morgan fingerprint density at radius 1 is 1.31 bits per heavy atom. The summed E-state index contributed by atoms with van der Waals surface area (Å²) in [6, 6.07) is 3.65. The van der Waals surface area contributed by atoms with Crippen LogP contribution in [0.15, 0.2) is 18.3 Å². The molecule has 2 N–H and O–H groups in total. The van der Waals surface area contributed by atoms with Crippen LogP contribution in [0, 0.1) is 13.8 Å². The van der Waals surface area contributed by atoms with E-state index in [9.17, 15) is 9.90 Å². The zero-order valence-electron chi connectivity index (χ0n) is 8.98. The largest absolute Gasteiger partial charge is 0.505 e. The Morgan fingerprint density at radius 3 is 2.62 bits per heavy atom. The average Bonchev–Trinajstić information content (AvgIpc) is 2.15. The van der Waals surface area contributed by atoms with Gasteiger partial charge in [-0.2, -0.15) is 0 Å². The van der Waals surface area contributed by atoms with E-state index in [1.807, 2.05) is 19.9 Å². The number of pyridine rings is 1. The van der Waals surface area contributed by atoms with Gasteiger partial charge in [-0.25, -0.2) is 4.79 Å². The van der Waals surface area contributed by atoms with Crippen molar-refractivity contribution < 1.29 is 15.0 Å². The number of benzene rings is 1. The van der Waals surface area contributed by atoms with Crippen LogP contribution in [-0.2, 0) is 0 Å². The third-order valence-electron chi connectivity index (χ3n) is 2.50. The highest BCUT2D eigenvalue weighted by Crippen LogP contribution is 2.28. The molecule has 0 bridgehead atoms. The highest BCUT2D eigenvalue weighted by molar-refractivity contribution is 6.05. The topological polar surface area (TPSA) is 70.4 Å². The molecule has 0 aliphatic heterocycles. The van der Waals surface area contributed by atoms with E-state index >= 15 is 0 Å². The molecule has 4 heteroatoms. The van der Waals surface area contributed by atoms with Crippen LogP contribution in [0.3, 0.4) is 0 Å². The third kappa shape index (κ3) is 1.48. The summed E-state index contributed by atoms with van der Waals surface area (Å²) in [6.45, 7) is 3.74. The summed E-state index contributed by atoms with van der Waals surface area (Å²) < 4.78 is 0. The van der Waals surface area contributed by atoms with Gasteiger partial charge in [0.2, 0.25) is 0 Å². The zero-order chi connectivity index (χ0) is 11.9. The van der Waals surface area contributed by atoms with Gasteiger partial charge in [0.15, 0.2) is 0 Å². The zero-order valence-corrected chi connectivity index (χ0v) is 8.98. The fourth-order valence-electron chi connectivity index (χ4n) is 1.87. The predicted molar refractivity (Wildman–Crippen MR) is 59.8 cm³/mol. The summed E-state index contributed by atoms with van der Waals surface area (Å²) >= 11 is 0. The van der Waals surface area contributed by atoms with Gasteiger partial charge in [0, 0.05) is 5.39 Å². The lowest BCUT2D eigenvalue weighted by Crippen LogP contribution is -2.00. The molecule has 2 rings (SSSR count). The SMILES string of the molecule is Cc1cc(C)c2ncc(O)c(C(=O)O)c2c1. The second kappa shape index (κ2) is 3.48. The number of fused-ring (bicyclic) bond motifs is 1. The molecule has 0 atom stereocenters. The van der Waals surface area contributed by atoms with E-state index in [0.29, 0.717) is 10.9 Å². The van der Waals surface area contributed by atoms with Crippen LogP contribution < -0.4 is 0 Å². The van der Waals surface area contributed by atoms with E-state index in [4.69, 9.17) is 5.11 Å². The minimum atomic E-state index is -1.14. The fraction of sp³-hybridized carbons (Fsp3) is 0.167. The van der Waals surface area contributed by atoms with E-state index in [-0.39, 0.29) is 11.3 Å². The number of aromatic carboxylic acids is 1. The van der Waals surface area contributed by atoms with Crippen LogP contribution in [0.5, 0.6) is 5.75 Å². The van der Waals surface area contributed by atoms with Crippen molar-refractivity contribution in [2.45, 2.75) is 13.8 Å². The normalized spacial score (nSPS) is 10.6. The van der Waals surface area contributed by atoms with Crippen LogP contribution in [0.4, 0.5) is 0 Å². The second-order valence-electron chi connectivity index (χ2n) is 3.80. The molecule has 1 aromatic heterocycles. The lowest BCUT2D eigenvalue weighted by molar-refractivity contribution is 0.0696. The monoisotopic (exact) mass is 217 g/mol. The number of aryl methyl sites for hydroxylation is 2. The number of rotatable bonds is 1. The molecule has 0 radical (unpaired) electrons. The van der Waals surface area contributed by atoms with Gasteiger partial charge in [-0.3, -0.25) is 4.98 Å².